The molecule has 0 saturated heterocycles. The van der Waals surface area contributed by atoms with E-state index in [4.69, 9.17) is 33.7 Å². The molecule has 1 amide bonds. The molecule has 1 heterocycles. The zero-order chi connectivity index (χ0) is 48.6. The average molecular weight is 964 g/mol. The molecule has 3 aliphatic rings. The molecule has 6 unspecified atom stereocenters. The molecule has 7 rings (SSSR count). The highest BCUT2D eigenvalue weighted by atomic mass is 32.2. The first-order valence-electron chi connectivity index (χ1n) is 24.0. The SMILES string of the molecule is C=CCOC12Oc3ccc(Oc4ccc(SC)cc4)cc3C3C(CCCCO)C(CCCCO)C=C(C(=NOCc4ccc([N+](=O)[O-])cc4)CC1N(CCC)C(=O)OCCOCc1ccccc1)C32. The molecule has 15 heteroatoms. The van der Waals surface area contributed by atoms with Crippen molar-refractivity contribution in [2.45, 2.75) is 94.1 Å². The number of rotatable bonds is 26. The highest BCUT2D eigenvalue weighted by molar-refractivity contribution is 7.98. The number of ether oxygens (including phenoxy) is 5. The Kier molecular flexibility index (Phi) is 18.7. The number of nitrogens with zero attached hydrogens (tertiary/aromatic N) is 3. The Bertz CT molecular complexity index is 2360. The van der Waals surface area contributed by atoms with E-state index >= 15 is 0 Å². The van der Waals surface area contributed by atoms with Crippen molar-refractivity contribution in [1.29, 1.82) is 0 Å². The van der Waals surface area contributed by atoms with Crippen LogP contribution in [0.5, 0.6) is 17.2 Å². The highest BCUT2D eigenvalue weighted by Crippen LogP contribution is 2.62. The van der Waals surface area contributed by atoms with E-state index in [0.717, 1.165) is 47.3 Å². The normalized spacial score (nSPS) is 21.8. The van der Waals surface area contributed by atoms with Crippen molar-refractivity contribution in [1.82, 2.24) is 4.90 Å². The zero-order valence-corrected chi connectivity index (χ0v) is 40.4. The van der Waals surface area contributed by atoms with Crippen molar-refractivity contribution in [3.05, 3.63) is 148 Å². The van der Waals surface area contributed by atoms with Gasteiger partial charge in [0.15, 0.2) is 0 Å². The number of thioether (sulfide) groups is 1. The van der Waals surface area contributed by atoms with Gasteiger partial charge in [0.1, 0.15) is 36.5 Å². The van der Waals surface area contributed by atoms with E-state index in [1.54, 1.807) is 34.9 Å². The Balaban J connectivity index is 1.35. The summed E-state index contributed by atoms with van der Waals surface area (Å²) < 4.78 is 32.9. The predicted molar refractivity (Wildman–Crippen MR) is 266 cm³/mol. The van der Waals surface area contributed by atoms with Crippen LogP contribution in [0.1, 0.15) is 80.9 Å². The van der Waals surface area contributed by atoms with Gasteiger partial charge in [0.05, 0.1) is 36.4 Å². The first kappa shape index (κ1) is 51.1. The Labute approximate surface area is 409 Å². The highest BCUT2D eigenvalue weighted by Gasteiger charge is 2.65. The predicted octanol–water partition coefficient (Wildman–Crippen LogP) is 11.0. The number of allylic oxidation sites excluding steroid dienone is 1. The summed E-state index contributed by atoms with van der Waals surface area (Å²) in [4.78, 5) is 34.6. The van der Waals surface area contributed by atoms with Crippen LogP contribution in [0.4, 0.5) is 10.5 Å². The lowest BCUT2D eigenvalue weighted by Gasteiger charge is -2.59. The lowest BCUT2D eigenvalue weighted by molar-refractivity contribution is -0.384. The largest absolute Gasteiger partial charge is 0.459 e. The fourth-order valence-electron chi connectivity index (χ4n) is 10.0. The molecule has 0 radical (unpaired) electrons. The van der Waals surface area contributed by atoms with Gasteiger partial charge in [-0.15, -0.1) is 18.3 Å². The molecule has 0 spiro atoms. The number of hydrogen-bond acceptors (Lipinski definition) is 13. The third-order valence-electron chi connectivity index (χ3n) is 13.1. The Hall–Kier alpha value is -5.71. The fraction of sp³-hybridized carbons (Fsp3) is 0.444. The Morgan fingerprint density at radius 2 is 1.67 bits per heavy atom. The summed E-state index contributed by atoms with van der Waals surface area (Å²) >= 11 is 1.66. The molecule has 4 aromatic carbocycles. The molecule has 1 aliphatic heterocycles. The van der Waals surface area contributed by atoms with Crippen LogP contribution < -0.4 is 9.47 Å². The van der Waals surface area contributed by atoms with Gasteiger partial charge in [0.2, 0.25) is 5.79 Å². The summed E-state index contributed by atoms with van der Waals surface area (Å²) in [7, 11) is 0. The lowest BCUT2D eigenvalue weighted by Crippen LogP contribution is -2.70. The number of carbonyl (C=O) groups is 1. The number of nitro groups is 1. The molecular weight excluding hydrogens is 899 g/mol. The standard InChI is InChI=1S/C54H65N3O11S/c1-4-27-56(53(60)64-32-31-63-36-38-13-7-6-8-14-38)50-35-48(55-66-37-39-17-19-41(20-18-39)57(61)62)46-33-40(15-9-11-28-58)45(16-10-12-29-59)51-47-34-43(67-42-21-24-44(69-3)25-22-42)23-26-49(47)68-54(50,52(46)51)65-30-5-2/h5-8,13-14,17-26,33-34,40,45,50-52,58-59H,2,4,9-12,15-16,27-32,35-37H2,1,3H3. The van der Waals surface area contributed by atoms with Crippen LogP contribution in [-0.4, -0.2) is 89.5 Å². The molecule has 14 nitrogen and oxygen atoms in total. The maximum absolute atomic E-state index is 14.6. The minimum Gasteiger partial charge on any atom is -0.459 e. The van der Waals surface area contributed by atoms with Crippen LogP contribution in [0.15, 0.2) is 131 Å². The van der Waals surface area contributed by atoms with Crippen LogP contribution in [0.3, 0.4) is 0 Å². The summed E-state index contributed by atoms with van der Waals surface area (Å²) in [5.74, 6) is -0.347. The first-order valence-corrected chi connectivity index (χ1v) is 25.3. The molecule has 2 aliphatic carbocycles. The van der Waals surface area contributed by atoms with Crippen LogP contribution in [0.25, 0.3) is 0 Å². The Morgan fingerprint density at radius 1 is 0.942 bits per heavy atom. The Morgan fingerprint density at radius 3 is 2.36 bits per heavy atom. The summed E-state index contributed by atoms with van der Waals surface area (Å²) in [6.07, 6.45) is 10.6. The monoisotopic (exact) mass is 963 g/mol. The average Bonchev–Trinajstić information content (AvgIpc) is 3.37. The number of unbranched alkanes of at least 4 members (excludes halogenated alkanes) is 2. The first-order chi connectivity index (χ1) is 33.7. The molecule has 1 fully saturated rings. The smallest absolute Gasteiger partial charge is 0.410 e. The van der Waals surface area contributed by atoms with Crippen molar-refractivity contribution in [3.63, 3.8) is 0 Å². The van der Waals surface area contributed by atoms with Crippen LogP contribution in [0, 0.1) is 27.9 Å². The number of aliphatic hydroxyl groups is 2. The number of aliphatic hydroxyl groups excluding tert-OH is 2. The van der Waals surface area contributed by atoms with Crippen LogP contribution in [-0.2, 0) is 32.3 Å². The van der Waals surface area contributed by atoms with Gasteiger partial charge in [0, 0.05) is 54.7 Å². The van der Waals surface area contributed by atoms with E-state index in [-0.39, 0.29) is 69.5 Å². The van der Waals surface area contributed by atoms with Gasteiger partial charge in [-0.05, 0) is 121 Å². The third kappa shape index (κ3) is 12.6. The topological polar surface area (TPSA) is 172 Å². The molecule has 0 aromatic heterocycles. The summed E-state index contributed by atoms with van der Waals surface area (Å²) in [6, 6.07) is 29.0. The van der Waals surface area contributed by atoms with E-state index in [1.807, 2.05) is 79.9 Å². The van der Waals surface area contributed by atoms with E-state index in [0.29, 0.717) is 60.9 Å². The second-order valence-electron chi connectivity index (χ2n) is 17.6. The number of fused-ring (bicyclic) bond motifs is 2. The number of non-ortho nitro benzene ring substituents is 1. The number of nitro benzene ring substituents is 1. The van der Waals surface area contributed by atoms with Crippen molar-refractivity contribution in [2.24, 2.45) is 22.9 Å². The van der Waals surface area contributed by atoms with Crippen molar-refractivity contribution in [3.8, 4) is 17.2 Å². The number of oxime groups is 1. The van der Waals surface area contributed by atoms with E-state index in [1.165, 1.54) is 12.1 Å². The summed E-state index contributed by atoms with van der Waals surface area (Å²) in [5.41, 5.74) is 4.09. The molecule has 69 heavy (non-hydrogen) atoms. The number of benzene rings is 4. The minimum atomic E-state index is -1.48. The fourth-order valence-corrected chi connectivity index (χ4v) is 10.4. The molecule has 1 saturated carbocycles. The van der Waals surface area contributed by atoms with Gasteiger partial charge >= 0.3 is 6.09 Å². The molecule has 0 bridgehead atoms. The third-order valence-corrected chi connectivity index (χ3v) is 13.9. The molecular formula is C54H65N3O11S. The van der Waals surface area contributed by atoms with Crippen molar-refractivity contribution < 1.29 is 48.5 Å². The molecule has 2 N–H and O–H groups in total. The molecule has 6 atom stereocenters. The maximum Gasteiger partial charge on any atom is 0.410 e. The molecule has 368 valence electrons. The quantitative estimate of drug-likeness (QED) is 0.0201. The van der Waals surface area contributed by atoms with Crippen molar-refractivity contribution >= 4 is 29.3 Å². The van der Waals surface area contributed by atoms with Crippen LogP contribution in [0.2, 0.25) is 0 Å². The second kappa shape index (κ2) is 25.2. The summed E-state index contributed by atoms with van der Waals surface area (Å²) in [5, 5.41) is 36.3. The number of carbonyl (C=O) groups excluding carboxylic acids is 1. The summed E-state index contributed by atoms with van der Waals surface area (Å²) in [6.45, 7) is 7.22. The van der Waals surface area contributed by atoms with Gasteiger partial charge in [0.25, 0.3) is 5.69 Å². The lowest BCUT2D eigenvalue weighted by atomic mass is 9.55. The number of hydrogen-bond donors (Lipinski definition) is 2. The van der Waals surface area contributed by atoms with Crippen molar-refractivity contribution in [2.75, 3.05) is 45.8 Å². The van der Waals surface area contributed by atoms with Crippen LogP contribution >= 0.6 is 11.8 Å². The van der Waals surface area contributed by atoms with Gasteiger partial charge in [-0.25, -0.2) is 4.79 Å². The van der Waals surface area contributed by atoms with E-state index < -0.39 is 28.8 Å². The van der Waals surface area contributed by atoms with E-state index in [9.17, 15) is 25.1 Å². The minimum absolute atomic E-state index is 0.00355. The van der Waals surface area contributed by atoms with Gasteiger partial charge < -0.3 is 38.7 Å². The molecule has 4 aromatic rings. The number of amides is 1. The zero-order valence-electron chi connectivity index (χ0n) is 39.6. The van der Waals surface area contributed by atoms with E-state index in [2.05, 4.69) is 18.7 Å². The van der Waals surface area contributed by atoms with Gasteiger partial charge in [-0.1, -0.05) is 67.4 Å². The van der Waals surface area contributed by atoms with Gasteiger partial charge in [-0.2, -0.15) is 0 Å². The second-order valence-corrected chi connectivity index (χ2v) is 18.5. The van der Waals surface area contributed by atoms with Gasteiger partial charge in [-0.3, -0.25) is 15.0 Å². The maximum atomic E-state index is 14.6.